The van der Waals surface area contributed by atoms with Crippen LogP contribution in [0.4, 0.5) is 0 Å². The first-order valence-corrected chi connectivity index (χ1v) is 4.85. The second kappa shape index (κ2) is 2.00. The molecule has 0 N–H and O–H groups in total. The molecule has 1 aliphatic heterocycles. The Bertz CT molecular complexity index is 125. The van der Waals surface area contributed by atoms with Crippen LogP contribution in [-0.4, -0.2) is 13.8 Å². The molecule has 0 unspecified atom stereocenters. The van der Waals surface area contributed by atoms with Crippen LogP contribution in [-0.2, 0) is 4.52 Å². The largest absolute Gasteiger partial charge is 0.232 e. The average Bonchev–Trinajstić information content (AvgIpc) is 2.17. The first kappa shape index (κ1) is 6.00. The molecule has 1 heterocycles. The molecule has 1 aliphatic rings. The van der Waals surface area contributed by atoms with Crippen LogP contribution in [0.1, 0.15) is 0 Å². The van der Waals surface area contributed by atoms with Crippen LogP contribution in [0.15, 0.2) is 23.8 Å². The zero-order chi connectivity index (χ0) is 6.04. The van der Waals surface area contributed by atoms with Crippen molar-refractivity contribution in [1.82, 2.24) is 0 Å². The van der Waals surface area contributed by atoms with Crippen molar-refractivity contribution in [2.45, 2.75) is 0 Å². The summed E-state index contributed by atoms with van der Waals surface area (Å²) < 4.78 is 5.24. The van der Waals surface area contributed by atoms with Gasteiger partial charge in [0.05, 0.1) is 25.4 Å². The maximum Gasteiger partial charge on any atom is 0.192 e. The summed E-state index contributed by atoms with van der Waals surface area (Å²) in [5.41, 5.74) is 0. The minimum atomic E-state index is -1.16. The summed E-state index contributed by atoms with van der Waals surface area (Å²) in [6.45, 7) is 2.13. The molecule has 0 aromatic rings. The standard InChI is InChI=1S/C6H10OP/c1-7-8(2)5-3-4-6-8/h3-6H,1-2H3/q+1. The number of rotatable bonds is 1. The van der Waals surface area contributed by atoms with Crippen LogP contribution in [0, 0.1) is 0 Å². The van der Waals surface area contributed by atoms with Crippen LogP contribution >= 0.6 is 7.49 Å². The van der Waals surface area contributed by atoms with E-state index in [1.807, 2.05) is 12.2 Å². The predicted molar refractivity (Wildman–Crippen MR) is 38.1 cm³/mol. The molecule has 0 saturated carbocycles. The van der Waals surface area contributed by atoms with Crippen LogP contribution < -0.4 is 0 Å². The lowest BCUT2D eigenvalue weighted by molar-refractivity contribution is 0.462. The first-order chi connectivity index (χ1) is 3.77. The van der Waals surface area contributed by atoms with Gasteiger partial charge in [-0.15, -0.1) is 0 Å². The van der Waals surface area contributed by atoms with Gasteiger partial charge in [0.25, 0.3) is 0 Å². The van der Waals surface area contributed by atoms with Crippen molar-refractivity contribution in [3.63, 3.8) is 0 Å². The van der Waals surface area contributed by atoms with Gasteiger partial charge in [-0.25, -0.2) is 4.52 Å². The van der Waals surface area contributed by atoms with Gasteiger partial charge in [0, 0.05) is 0 Å². The highest BCUT2D eigenvalue weighted by molar-refractivity contribution is 7.76. The predicted octanol–water partition coefficient (Wildman–Crippen LogP) is 2.24. The van der Waals surface area contributed by atoms with E-state index in [-0.39, 0.29) is 0 Å². The molecule has 0 fully saturated rings. The van der Waals surface area contributed by atoms with Crippen molar-refractivity contribution in [3.05, 3.63) is 23.8 Å². The molecule has 0 radical (unpaired) electrons. The molecule has 8 heavy (non-hydrogen) atoms. The Morgan fingerprint density at radius 1 is 1.25 bits per heavy atom. The van der Waals surface area contributed by atoms with E-state index in [9.17, 15) is 0 Å². The number of hydrogen-bond acceptors (Lipinski definition) is 1. The summed E-state index contributed by atoms with van der Waals surface area (Å²) in [7, 11) is 0.596. The van der Waals surface area contributed by atoms with E-state index < -0.39 is 7.49 Å². The monoisotopic (exact) mass is 129 g/mol. The maximum absolute atomic E-state index is 5.24. The summed E-state index contributed by atoms with van der Waals surface area (Å²) in [6.07, 6.45) is 4.08. The van der Waals surface area contributed by atoms with Crippen molar-refractivity contribution in [2.75, 3.05) is 13.8 Å². The van der Waals surface area contributed by atoms with Crippen molar-refractivity contribution < 1.29 is 4.52 Å². The average molecular weight is 129 g/mol. The summed E-state index contributed by atoms with van der Waals surface area (Å²) in [5, 5.41) is 0. The van der Waals surface area contributed by atoms with E-state index in [4.69, 9.17) is 4.52 Å². The lowest BCUT2D eigenvalue weighted by Gasteiger charge is -2.04. The van der Waals surface area contributed by atoms with Gasteiger partial charge in [-0.05, 0) is 12.2 Å². The van der Waals surface area contributed by atoms with Crippen LogP contribution in [0.25, 0.3) is 0 Å². The lowest BCUT2D eigenvalue weighted by atomic mass is 10.6. The molecule has 1 nitrogen and oxygen atoms in total. The fourth-order valence-corrected chi connectivity index (χ4v) is 1.84. The SMILES string of the molecule is CO[P+]1(C)C=CC=C1. The molecule has 1 rings (SSSR count). The smallest absolute Gasteiger partial charge is 0.192 e. The van der Waals surface area contributed by atoms with E-state index in [2.05, 4.69) is 18.3 Å². The molecule has 0 amide bonds. The molecule has 0 bridgehead atoms. The molecule has 2 heteroatoms. The Morgan fingerprint density at radius 2 is 1.75 bits per heavy atom. The van der Waals surface area contributed by atoms with Gasteiger partial charge in [0.1, 0.15) is 0 Å². The number of allylic oxidation sites excluding steroid dienone is 2. The molecule has 0 aromatic heterocycles. The lowest BCUT2D eigenvalue weighted by Crippen LogP contribution is -1.80. The zero-order valence-corrected chi connectivity index (χ0v) is 6.06. The van der Waals surface area contributed by atoms with Crippen molar-refractivity contribution in [3.8, 4) is 0 Å². The summed E-state index contributed by atoms with van der Waals surface area (Å²) in [4.78, 5) is 0. The van der Waals surface area contributed by atoms with Crippen LogP contribution in [0.2, 0.25) is 0 Å². The second-order valence-corrected chi connectivity index (χ2v) is 5.00. The normalized spacial score (nSPS) is 22.2. The Kier molecular flexibility index (Phi) is 1.50. The van der Waals surface area contributed by atoms with E-state index in [1.165, 1.54) is 0 Å². The Hall–Kier alpha value is -0.130. The van der Waals surface area contributed by atoms with Crippen LogP contribution in [0.3, 0.4) is 0 Å². The van der Waals surface area contributed by atoms with E-state index in [1.54, 1.807) is 7.11 Å². The molecule has 0 spiro atoms. The van der Waals surface area contributed by atoms with Gasteiger partial charge in [-0.1, -0.05) is 0 Å². The molecular weight excluding hydrogens is 119 g/mol. The second-order valence-electron chi connectivity index (χ2n) is 1.92. The molecule has 44 valence electrons. The fourth-order valence-electron chi connectivity index (χ4n) is 0.613. The van der Waals surface area contributed by atoms with Gasteiger partial charge in [-0.3, -0.25) is 0 Å². The zero-order valence-electron chi connectivity index (χ0n) is 5.16. The van der Waals surface area contributed by atoms with E-state index in [0.29, 0.717) is 0 Å². The minimum Gasteiger partial charge on any atom is -0.232 e. The highest BCUT2D eigenvalue weighted by Crippen LogP contribution is 2.60. The molecular formula is C6H10OP+. The molecule has 0 saturated heterocycles. The van der Waals surface area contributed by atoms with Gasteiger partial charge >= 0.3 is 0 Å². The van der Waals surface area contributed by atoms with E-state index >= 15 is 0 Å². The minimum absolute atomic E-state index is 1.16. The van der Waals surface area contributed by atoms with Gasteiger partial charge in [0.15, 0.2) is 7.49 Å². The highest BCUT2D eigenvalue weighted by atomic mass is 31.2. The molecule has 0 atom stereocenters. The topological polar surface area (TPSA) is 9.23 Å². The summed E-state index contributed by atoms with van der Waals surface area (Å²) >= 11 is 0. The third-order valence-corrected chi connectivity index (χ3v) is 3.58. The van der Waals surface area contributed by atoms with Crippen LogP contribution in [0.5, 0.6) is 0 Å². The van der Waals surface area contributed by atoms with Gasteiger partial charge in [0.2, 0.25) is 0 Å². The maximum atomic E-state index is 5.24. The number of hydrogen-bond donors (Lipinski definition) is 0. The highest BCUT2D eigenvalue weighted by Gasteiger charge is 2.27. The molecule has 0 aliphatic carbocycles. The Labute approximate surface area is 50.5 Å². The Morgan fingerprint density at radius 3 is 2.00 bits per heavy atom. The quantitative estimate of drug-likeness (QED) is 0.493. The summed E-state index contributed by atoms with van der Waals surface area (Å²) in [5.74, 6) is 4.26. The van der Waals surface area contributed by atoms with Crippen molar-refractivity contribution in [2.24, 2.45) is 0 Å². The Balaban J connectivity index is 2.69. The van der Waals surface area contributed by atoms with Gasteiger partial charge < -0.3 is 0 Å². The van der Waals surface area contributed by atoms with E-state index in [0.717, 1.165) is 0 Å². The molecule has 0 aromatic carbocycles. The van der Waals surface area contributed by atoms with Gasteiger partial charge in [-0.2, -0.15) is 0 Å². The van der Waals surface area contributed by atoms with Crippen molar-refractivity contribution in [1.29, 1.82) is 0 Å². The third-order valence-electron chi connectivity index (χ3n) is 1.27. The van der Waals surface area contributed by atoms with Crippen molar-refractivity contribution >= 4 is 7.49 Å². The summed E-state index contributed by atoms with van der Waals surface area (Å²) in [6, 6.07) is 0. The first-order valence-electron chi connectivity index (χ1n) is 2.55. The third kappa shape index (κ3) is 0.988. The fraction of sp³-hybridized carbons (Fsp3) is 0.333.